The molecule has 2 bridgehead atoms. The summed E-state index contributed by atoms with van der Waals surface area (Å²) in [6.45, 7) is 0. The van der Waals surface area contributed by atoms with Gasteiger partial charge in [0.25, 0.3) is 0 Å². The topological polar surface area (TPSA) is 46.6 Å². The number of amides is 2. The minimum atomic E-state index is -0.0914. The van der Waals surface area contributed by atoms with E-state index in [0.29, 0.717) is 34.0 Å². The molecule has 4 atom stereocenters. The van der Waals surface area contributed by atoms with Crippen molar-refractivity contribution in [2.45, 2.75) is 19.3 Å². The van der Waals surface area contributed by atoms with Crippen molar-refractivity contribution in [2.75, 3.05) is 4.90 Å². The second-order valence-electron chi connectivity index (χ2n) is 7.45. The van der Waals surface area contributed by atoms with Crippen LogP contribution in [0.2, 0.25) is 5.02 Å². The van der Waals surface area contributed by atoms with Crippen LogP contribution < -0.4 is 9.64 Å². The molecule has 26 heavy (non-hydrogen) atoms. The predicted octanol–water partition coefficient (Wildman–Crippen LogP) is 4.67. The molecule has 2 aliphatic carbocycles. The van der Waals surface area contributed by atoms with Crippen molar-refractivity contribution in [3.8, 4) is 11.5 Å². The summed E-state index contributed by atoms with van der Waals surface area (Å²) in [5, 5.41) is 0.651. The molecule has 2 aromatic carbocycles. The van der Waals surface area contributed by atoms with Crippen LogP contribution in [0.3, 0.4) is 0 Å². The molecule has 3 aliphatic rings. The minimum absolute atomic E-state index is 0.0152. The van der Waals surface area contributed by atoms with Crippen molar-refractivity contribution < 1.29 is 14.3 Å². The Labute approximate surface area is 156 Å². The zero-order chi connectivity index (χ0) is 17.8. The Balaban J connectivity index is 1.37. The molecule has 0 spiro atoms. The lowest BCUT2D eigenvalue weighted by Gasteiger charge is -2.19. The second kappa shape index (κ2) is 5.85. The van der Waals surface area contributed by atoms with Gasteiger partial charge in [-0.1, -0.05) is 11.6 Å². The monoisotopic (exact) mass is 367 g/mol. The third kappa shape index (κ3) is 2.36. The number of fused-ring (bicyclic) bond motifs is 5. The Bertz CT molecular complexity index is 849. The van der Waals surface area contributed by atoms with Crippen molar-refractivity contribution in [2.24, 2.45) is 23.7 Å². The van der Waals surface area contributed by atoms with E-state index in [0.717, 1.165) is 19.3 Å². The third-order valence-electron chi connectivity index (χ3n) is 6.07. The van der Waals surface area contributed by atoms with Crippen molar-refractivity contribution in [3.05, 3.63) is 53.6 Å². The quantitative estimate of drug-likeness (QED) is 0.741. The smallest absolute Gasteiger partial charge is 0.237 e. The lowest BCUT2D eigenvalue weighted by Crippen LogP contribution is -2.32. The van der Waals surface area contributed by atoms with Gasteiger partial charge in [0, 0.05) is 5.02 Å². The van der Waals surface area contributed by atoms with Gasteiger partial charge in [0.2, 0.25) is 11.8 Å². The van der Waals surface area contributed by atoms with Crippen molar-refractivity contribution in [1.29, 1.82) is 0 Å². The van der Waals surface area contributed by atoms with E-state index in [9.17, 15) is 9.59 Å². The number of benzene rings is 2. The summed E-state index contributed by atoms with van der Waals surface area (Å²) < 4.78 is 5.78. The normalized spacial score (nSPS) is 29.3. The van der Waals surface area contributed by atoms with Crippen LogP contribution >= 0.6 is 11.6 Å². The highest BCUT2D eigenvalue weighted by Crippen LogP contribution is 2.56. The molecule has 0 N–H and O–H groups in total. The maximum atomic E-state index is 12.9. The van der Waals surface area contributed by atoms with Crippen LogP contribution in [0.4, 0.5) is 5.69 Å². The van der Waals surface area contributed by atoms with Crippen LogP contribution in [-0.4, -0.2) is 11.8 Å². The van der Waals surface area contributed by atoms with E-state index < -0.39 is 0 Å². The van der Waals surface area contributed by atoms with Gasteiger partial charge < -0.3 is 4.74 Å². The van der Waals surface area contributed by atoms with Gasteiger partial charge in [-0.05, 0) is 79.6 Å². The Morgan fingerprint density at radius 1 is 0.808 bits per heavy atom. The van der Waals surface area contributed by atoms with E-state index in [2.05, 4.69) is 0 Å². The van der Waals surface area contributed by atoms with Crippen LogP contribution in [0.15, 0.2) is 48.5 Å². The SMILES string of the molecule is O=C1[C@H]2[C@@H]3CC[C@H](C3)[C@@H]2C(=O)N1c1ccc(Oc2ccc(Cl)cc2)cc1. The molecule has 132 valence electrons. The number of imide groups is 1. The number of nitrogens with zero attached hydrogens (tertiary/aromatic N) is 1. The summed E-state index contributed by atoms with van der Waals surface area (Å²) in [5.41, 5.74) is 0.636. The van der Waals surface area contributed by atoms with Gasteiger partial charge in [0.1, 0.15) is 11.5 Å². The molecule has 1 saturated heterocycles. The first kappa shape index (κ1) is 15.9. The number of carbonyl (C=O) groups excluding carboxylic acids is 2. The molecule has 5 heteroatoms. The first-order valence-electron chi connectivity index (χ1n) is 9.03. The number of rotatable bonds is 3. The summed E-state index contributed by atoms with van der Waals surface area (Å²) in [7, 11) is 0. The fourth-order valence-electron chi connectivity index (χ4n) is 4.97. The van der Waals surface area contributed by atoms with Crippen LogP contribution in [0.1, 0.15) is 19.3 Å². The Hall–Kier alpha value is -2.33. The largest absolute Gasteiger partial charge is 0.457 e. The van der Waals surface area contributed by atoms with Gasteiger partial charge in [-0.2, -0.15) is 0 Å². The molecular weight excluding hydrogens is 350 g/mol. The molecule has 0 radical (unpaired) electrons. The summed E-state index contributed by atoms with van der Waals surface area (Å²) in [4.78, 5) is 27.1. The maximum Gasteiger partial charge on any atom is 0.237 e. The lowest BCUT2D eigenvalue weighted by atomic mass is 9.81. The van der Waals surface area contributed by atoms with Gasteiger partial charge in [-0.25, -0.2) is 0 Å². The summed E-state index contributed by atoms with van der Waals surface area (Å²) in [6.07, 6.45) is 3.23. The van der Waals surface area contributed by atoms with Crippen molar-refractivity contribution in [1.82, 2.24) is 0 Å². The third-order valence-corrected chi connectivity index (χ3v) is 6.32. The van der Waals surface area contributed by atoms with Gasteiger partial charge >= 0.3 is 0 Å². The molecule has 1 heterocycles. The number of hydrogen-bond donors (Lipinski definition) is 0. The number of ether oxygens (including phenoxy) is 1. The summed E-state index contributed by atoms with van der Waals surface area (Å²) >= 11 is 5.88. The van der Waals surface area contributed by atoms with E-state index in [-0.39, 0.29) is 23.7 Å². The number of hydrogen-bond acceptors (Lipinski definition) is 3. The number of carbonyl (C=O) groups is 2. The van der Waals surface area contributed by atoms with E-state index in [4.69, 9.17) is 16.3 Å². The summed E-state index contributed by atoms with van der Waals surface area (Å²) in [5.74, 6) is 1.92. The Morgan fingerprint density at radius 3 is 1.85 bits per heavy atom. The van der Waals surface area contributed by atoms with Crippen LogP contribution in [0, 0.1) is 23.7 Å². The molecule has 0 aromatic heterocycles. The molecule has 5 rings (SSSR count). The average molecular weight is 368 g/mol. The summed E-state index contributed by atoms with van der Waals surface area (Å²) in [6, 6.07) is 14.2. The fraction of sp³-hybridized carbons (Fsp3) is 0.333. The zero-order valence-electron chi connectivity index (χ0n) is 14.1. The minimum Gasteiger partial charge on any atom is -0.457 e. The molecule has 2 aromatic rings. The fourth-order valence-corrected chi connectivity index (χ4v) is 5.09. The first-order chi connectivity index (χ1) is 12.6. The van der Waals surface area contributed by atoms with Crippen LogP contribution in [0.25, 0.3) is 0 Å². The van der Waals surface area contributed by atoms with Gasteiger partial charge in [-0.15, -0.1) is 0 Å². The highest BCUT2D eigenvalue weighted by Gasteiger charge is 2.61. The predicted molar refractivity (Wildman–Crippen MR) is 98.3 cm³/mol. The highest BCUT2D eigenvalue weighted by atomic mass is 35.5. The second-order valence-corrected chi connectivity index (χ2v) is 7.88. The highest BCUT2D eigenvalue weighted by molar-refractivity contribution is 6.30. The van der Waals surface area contributed by atoms with E-state index in [1.54, 1.807) is 48.5 Å². The van der Waals surface area contributed by atoms with E-state index in [1.807, 2.05) is 0 Å². The molecule has 4 nitrogen and oxygen atoms in total. The van der Waals surface area contributed by atoms with Crippen LogP contribution in [-0.2, 0) is 9.59 Å². The molecule has 0 unspecified atom stereocenters. The number of anilines is 1. The number of halogens is 1. The molecular formula is C21H18ClNO3. The molecule has 1 aliphatic heterocycles. The van der Waals surface area contributed by atoms with Gasteiger partial charge in [0.05, 0.1) is 17.5 Å². The van der Waals surface area contributed by atoms with E-state index in [1.165, 1.54) is 4.90 Å². The molecule has 3 fully saturated rings. The molecule has 2 saturated carbocycles. The molecule has 2 amide bonds. The average Bonchev–Trinajstić information content (AvgIpc) is 3.32. The van der Waals surface area contributed by atoms with Crippen LogP contribution in [0.5, 0.6) is 11.5 Å². The van der Waals surface area contributed by atoms with Crippen molar-refractivity contribution in [3.63, 3.8) is 0 Å². The standard InChI is InChI=1S/C21H18ClNO3/c22-14-3-7-16(8-4-14)26-17-9-5-15(6-10-17)23-20(24)18-12-1-2-13(11-12)19(18)21(23)25/h3-10,12-13,18-19H,1-2,11H2/t12-,13-,18+,19+/m1/s1. The van der Waals surface area contributed by atoms with Crippen molar-refractivity contribution >= 4 is 29.1 Å². The van der Waals surface area contributed by atoms with E-state index >= 15 is 0 Å². The lowest BCUT2D eigenvalue weighted by molar-refractivity contribution is -0.123. The zero-order valence-corrected chi connectivity index (χ0v) is 14.9. The Morgan fingerprint density at radius 2 is 1.31 bits per heavy atom. The first-order valence-corrected chi connectivity index (χ1v) is 9.41. The maximum absolute atomic E-state index is 12.9. The Kier molecular flexibility index (Phi) is 3.57. The van der Waals surface area contributed by atoms with Gasteiger partial charge in [-0.3, -0.25) is 14.5 Å². The van der Waals surface area contributed by atoms with Gasteiger partial charge in [0.15, 0.2) is 0 Å².